The molecule has 0 aromatic heterocycles. The van der Waals surface area contributed by atoms with Crippen molar-refractivity contribution in [2.45, 2.75) is 316 Å². The predicted octanol–water partition coefficient (Wildman–Crippen LogP) is 22.6. The highest BCUT2D eigenvalue weighted by Crippen LogP contribution is 2.16. The fourth-order valence-corrected chi connectivity index (χ4v) is 9.17. The fraction of sp³-hybridized carbons (Fsp3) is 0.708. The van der Waals surface area contributed by atoms with Crippen LogP contribution in [-0.2, 0) is 28.6 Å². The summed E-state index contributed by atoms with van der Waals surface area (Å²) in [6.07, 6.45) is 89.5. The standard InChI is InChI=1S/C72H122O6/c1-4-7-10-13-16-19-22-25-28-30-32-34-36-38-40-42-44-47-50-53-56-59-62-65-71(74)77-68-69(67-76-70(73)64-61-58-55-52-49-46-27-24-21-18-15-12-9-6-3)78-72(75)66-63-60-57-54-51-48-45-43-41-39-37-35-33-31-29-26-23-20-17-14-11-8-5-2/h7-8,10-11,16-17,19-20,25-26,28-29,32-35,38,40,69H,4-6,9,12-15,18,21-24,27,30-31,36-37,39,41-68H2,1-3H3/b10-7-,11-8-,19-16-,20-17-,28-25-,29-26-,34-32-,35-33-,40-38-. The summed E-state index contributed by atoms with van der Waals surface area (Å²) in [6, 6.07) is 0. The van der Waals surface area contributed by atoms with Gasteiger partial charge in [-0.3, -0.25) is 14.4 Å². The first kappa shape index (κ1) is 74.1. The van der Waals surface area contributed by atoms with Crippen LogP contribution >= 0.6 is 0 Å². The van der Waals surface area contributed by atoms with E-state index in [1.54, 1.807) is 0 Å². The Labute approximate surface area is 482 Å². The van der Waals surface area contributed by atoms with Crippen molar-refractivity contribution in [1.29, 1.82) is 0 Å². The topological polar surface area (TPSA) is 78.9 Å². The minimum absolute atomic E-state index is 0.0814. The van der Waals surface area contributed by atoms with E-state index in [1.165, 1.54) is 148 Å². The molecule has 446 valence electrons. The highest BCUT2D eigenvalue weighted by molar-refractivity contribution is 5.71. The zero-order valence-corrected chi connectivity index (χ0v) is 51.2. The SMILES string of the molecule is CC/C=C\C/C=C\C/C=C\C/C=C\C/C=C\CCCCCCCCCC(=O)OCC(COC(=O)CCCCCCCCCCCCCCCC)OC(=O)CCCCCCCCCCCC/C=C\C/C=C\C/C=C\C/C=C\CC. The molecule has 0 heterocycles. The van der Waals surface area contributed by atoms with Crippen LogP contribution in [0.1, 0.15) is 310 Å². The van der Waals surface area contributed by atoms with E-state index < -0.39 is 6.10 Å². The van der Waals surface area contributed by atoms with Gasteiger partial charge in [-0.2, -0.15) is 0 Å². The summed E-state index contributed by atoms with van der Waals surface area (Å²) < 4.78 is 17.0. The lowest BCUT2D eigenvalue weighted by Crippen LogP contribution is -2.30. The molecule has 0 bridgehead atoms. The van der Waals surface area contributed by atoms with Crippen molar-refractivity contribution in [2.75, 3.05) is 13.2 Å². The van der Waals surface area contributed by atoms with Gasteiger partial charge in [0.1, 0.15) is 13.2 Å². The summed E-state index contributed by atoms with van der Waals surface area (Å²) in [6.45, 7) is 6.43. The van der Waals surface area contributed by atoms with E-state index in [0.29, 0.717) is 19.3 Å². The molecule has 0 saturated carbocycles. The monoisotopic (exact) mass is 1080 g/mol. The smallest absolute Gasteiger partial charge is 0.306 e. The van der Waals surface area contributed by atoms with Crippen LogP contribution in [0.5, 0.6) is 0 Å². The Morgan fingerprint density at radius 2 is 0.500 bits per heavy atom. The second-order valence-corrected chi connectivity index (χ2v) is 21.6. The van der Waals surface area contributed by atoms with Gasteiger partial charge in [-0.25, -0.2) is 0 Å². The second kappa shape index (κ2) is 65.6. The molecule has 0 amide bonds. The molecule has 0 aliphatic rings. The third-order valence-electron chi connectivity index (χ3n) is 14.0. The minimum atomic E-state index is -0.787. The van der Waals surface area contributed by atoms with Gasteiger partial charge in [0, 0.05) is 19.3 Å². The van der Waals surface area contributed by atoms with Gasteiger partial charge in [0.25, 0.3) is 0 Å². The number of ether oxygens (including phenoxy) is 3. The maximum absolute atomic E-state index is 12.9. The third-order valence-corrected chi connectivity index (χ3v) is 14.0. The van der Waals surface area contributed by atoms with Gasteiger partial charge in [-0.1, -0.05) is 297 Å². The molecule has 0 aliphatic heterocycles. The van der Waals surface area contributed by atoms with Crippen LogP contribution in [0.25, 0.3) is 0 Å². The van der Waals surface area contributed by atoms with Crippen molar-refractivity contribution in [3.05, 3.63) is 109 Å². The summed E-state index contributed by atoms with van der Waals surface area (Å²) in [5, 5.41) is 0. The number of carbonyl (C=O) groups is 3. The van der Waals surface area contributed by atoms with E-state index in [1.807, 2.05) is 0 Å². The van der Waals surface area contributed by atoms with Crippen molar-refractivity contribution in [3.63, 3.8) is 0 Å². The van der Waals surface area contributed by atoms with Crippen LogP contribution in [0.3, 0.4) is 0 Å². The molecule has 1 unspecified atom stereocenters. The van der Waals surface area contributed by atoms with E-state index in [2.05, 4.69) is 130 Å². The summed E-state index contributed by atoms with van der Waals surface area (Å²) >= 11 is 0. The highest BCUT2D eigenvalue weighted by Gasteiger charge is 2.19. The third kappa shape index (κ3) is 62.9. The number of rotatable bonds is 59. The quantitative estimate of drug-likeness (QED) is 0.0261. The Morgan fingerprint density at radius 3 is 0.782 bits per heavy atom. The molecule has 0 aliphatic carbocycles. The maximum atomic E-state index is 12.9. The molecule has 6 heteroatoms. The van der Waals surface area contributed by atoms with Gasteiger partial charge >= 0.3 is 17.9 Å². The van der Waals surface area contributed by atoms with Crippen molar-refractivity contribution in [2.24, 2.45) is 0 Å². The van der Waals surface area contributed by atoms with Gasteiger partial charge in [0.2, 0.25) is 0 Å². The molecule has 0 fully saturated rings. The molecule has 0 spiro atoms. The molecule has 0 rings (SSSR count). The number of unbranched alkanes of at least 4 members (excludes halogenated alkanes) is 30. The number of allylic oxidation sites excluding steroid dienone is 18. The van der Waals surface area contributed by atoms with Gasteiger partial charge in [0.05, 0.1) is 0 Å². The Balaban J connectivity index is 4.38. The summed E-state index contributed by atoms with van der Waals surface area (Å²) in [7, 11) is 0. The molecule has 0 saturated heterocycles. The predicted molar refractivity (Wildman–Crippen MR) is 339 cm³/mol. The van der Waals surface area contributed by atoms with Crippen LogP contribution in [0.2, 0.25) is 0 Å². The van der Waals surface area contributed by atoms with Crippen molar-refractivity contribution >= 4 is 17.9 Å². The maximum Gasteiger partial charge on any atom is 0.306 e. The fourth-order valence-electron chi connectivity index (χ4n) is 9.17. The zero-order valence-electron chi connectivity index (χ0n) is 51.2. The van der Waals surface area contributed by atoms with Gasteiger partial charge < -0.3 is 14.2 Å². The molecule has 6 nitrogen and oxygen atoms in total. The summed E-state index contributed by atoms with van der Waals surface area (Å²) in [5.74, 6) is -0.886. The zero-order chi connectivity index (χ0) is 56.4. The van der Waals surface area contributed by atoms with E-state index in [4.69, 9.17) is 14.2 Å². The molecule has 0 N–H and O–H groups in total. The Kier molecular flexibility index (Phi) is 62.3. The largest absolute Gasteiger partial charge is 0.462 e. The summed E-state index contributed by atoms with van der Waals surface area (Å²) in [5.41, 5.74) is 0. The molecule has 0 aromatic rings. The lowest BCUT2D eigenvalue weighted by atomic mass is 10.0. The highest BCUT2D eigenvalue weighted by atomic mass is 16.6. The minimum Gasteiger partial charge on any atom is -0.462 e. The average molecular weight is 1080 g/mol. The van der Waals surface area contributed by atoms with Crippen molar-refractivity contribution < 1.29 is 28.6 Å². The molecule has 0 aromatic carbocycles. The van der Waals surface area contributed by atoms with Crippen molar-refractivity contribution in [1.82, 2.24) is 0 Å². The average Bonchev–Trinajstić information content (AvgIpc) is 3.44. The van der Waals surface area contributed by atoms with E-state index in [9.17, 15) is 14.4 Å². The van der Waals surface area contributed by atoms with Crippen LogP contribution in [0.15, 0.2) is 109 Å². The Bertz CT molecular complexity index is 1570. The van der Waals surface area contributed by atoms with Crippen molar-refractivity contribution in [3.8, 4) is 0 Å². The molecule has 78 heavy (non-hydrogen) atoms. The Morgan fingerprint density at radius 1 is 0.269 bits per heavy atom. The first-order valence-corrected chi connectivity index (χ1v) is 32.9. The van der Waals surface area contributed by atoms with Crippen LogP contribution in [0, 0.1) is 0 Å². The second-order valence-electron chi connectivity index (χ2n) is 21.6. The van der Waals surface area contributed by atoms with Crippen LogP contribution in [0.4, 0.5) is 0 Å². The van der Waals surface area contributed by atoms with Gasteiger partial charge in [-0.05, 0) is 103 Å². The van der Waals surface area contributed by atoms with Gasteiger partial charge in [-0.15, -0.1) is 0 Å². The normalized spacial score (nSPS) is 12.8. The number of carbonyl (C=O) groups excluding carboxylic acids is 3. The Hall–Kier alpha value is -3.93. The van der Waals surface area contributed by atoms with Crippen LogP contribution in [-0.4, -0.2) is 37.2 Å². The molecule has 1 atom stereocenters. The molecular weight excluding hydrogens is 961 g/mol. The lowest BCUT2D eigenvalue weighted by molar-refractivity contribution is -0.167. The first-order valence-electron chi connectivity index (χ1n) is 32.9. The van der Waals surface area contributed by atoms with Crippen LogP contribution < -0.4 is 0 Å². The number of esters is 3. The number of hydrogen-bond donors (Lipinski definition) is 0. The van der Waals surface area contributed by atoms with Gasteiger partial charge in [0.15, 0.2) is 6.10 Å². The van der Waals surface area contributed by atoms with E-state index in [-0.39, 0.29) is 31.1 Å². The summed E-state index contributed by atoms with van der Waals surface area (Å²) in [4.78, 5) is 38.4. The van der Waals surface area contributed by atoms with E-state index in [0.717, 1.165) is 122 Å². The van der Waals surface area contributed by atoms with E-state index >= 15 is 0 Å². The molecular formula is C72H122O6. The first-order chi connectivity index (χ1) is 38.5. The number of hydrogen-bond acceptors (Lipinski definition) is 6. The molecule has 0 radical (unpaired) electrons. The lowest BCUT2D eigenvalue weighted by Gasteiger charge is -2.18.